The Morgan fingerprint density at radius 2 is 1.80 bits per heavy atom. The molecule has 2 N–H and O–H groups in total. The smallest absolute Gasteiger partial charge is 0.335 e. The predicted molar refractivity (Wildman–Crippen MR) is 113 cm³/mol. The average Bonchev–Trinajstić information content (AvgIpc) is 3.36. The molecule has 1 heterocycles. The minimum atomic E-state index is -0.973. The van der Waals surface area contributed by atoms with E-state index in [1.54, 1.807) is 25.3 Å². The first-order valence-corrected chi connectivity index (χ1v) is 9.75. The van der Waals surface area contributed by atoms with Crippen LogP contribution in [0.4, 0.5) is 0 Å². The Morgan fingerprint density at radius 1 is 1.03 bits per heavy atom. The van der Waals surface area contributed by atoms with Crippen molar-refractivity contribution >= 4 is 17.0 Å². The lowest BCUT2D eigenvalue weighted by Crippen LogP contribution is -2.16. The largest absolute Gasteiger partial charge is 0.493 e. The minimum Gasteiger partial charge on any atom is -0.493 e. The molecule has 150 valence electrons. The molecule has 1 aromatic heterocycles. The van der Waals surface area contributed by atoms with E-state index in [0.29, 0.717) is 22.8 Å². The van der Waals surface area contributed by atoms with Gasteiger partial charge in [0.25, 0.3) is 0 Å². The van der Waals surface area contributed by atoms with Gasteiger partial charge in [-0.1, -0.05) is 24.3 Å². The van der Waals surface area contributed by atoms with Crippen LogP contribution < -0.4 is 9.47 Å². The van der Waals surface area contributed by atoms with E-state index in [4.69, 9.17) is 9.47 Å². The number of nitrogens with one attached hydrogen (secondary N) is 1. The lowest BCUT2D eigenvalue weighted by atomic mass is 10.1. The molecule has 6 heteroatoms. The average molecular weight is 400 g/mol. The molecule has 3 aromatic carbocycles. The van der Waals surface area contributed by atoms with E-state index in [2.05, 4.69) is 34.2 Å². The normalized spacial score (nSPS) is 13.4. The quantitative estimate of drug-likeness (QED) is 0.516. The van der Waals surface area contributed by atoms with Gasteiger partial charge >= 0.3 is 5.97 Å². The zero-order valence-electron chi connectivity index (χ0n) is 16.4. The van der Waals surface area contributed by atoms with E-state index in [1.807, 2.05) is 18.2 Å². The van der Waals surface area contributed by atoms with Crippen LogP contribution in [-0.2, 0) is 12.8 Å². The first kappa shape index (κ1) is 18.2. The van der Waals surface area contributed by atoms with Gasteiger partial charge in [0.15, 0.2) is 11.5 Å². The Bertz CT molecular complexity index is 1240. The second kappa shape index (κ2) is 7.22. The molecule has 1 aliphatic rings. The van der Waals surface area contributed by atoms with E-state index in [1.165, 1.54) is 11.1 Å². The molecule has 0 fully saturated rings. The summed E-state index contributed by atoms with van der Waals surface area (Å²) in [5, 5.41) is 9.19. The van der Waals surface area contributed by atoms with Gasteiger partial charge in [-0.15, -0.1) is 0 Å². The number of imidazole rings is 1. The summed E-state index contributed by atoms with van der Waals surface area (Å²) in [5.74, 6) is 1.01. The molecule has 0 unspecified atom stereocenters. The maximum atomic E-state index is 11.2. The molecule has 0 saturated heterocycles. The standard InChI is InChI=1S/C24H20N2O4/c1-29-21-9-7-16(23-25-19-8-6-17(24(27)28)12-20(19)26-23)13-22(21)30-18-10-14-4-2-3-5-15(14)11-18/h2-9,12-13,18H,10-11H2,1H3,(H,25,26)(H,27,28). The summed E-state index contributed by atoms with van der Waals surface area (Å²) >= 11 is 0. The van der Waals surface area contributed by atoms with E-state index >= 15 is 0 Å². The number of hydrogen-bond acceptors (Lipinski definition) is 4. The number of rotatable bonds is 5. The number of carboxylic acids is 1. The number of benzene rings is 3. The highest BCUT2D eigenvalue weighted by Gasteiger charge is 2.24. The number of H-pyrrole nitrogens is 1. The predicted octanol–water partition coefficient (Wildman–Crippen LogP) is 4.48. The molecule has 0 bridgehead atoms. The molecule has 4 aromatic rings. The Morgan fingerprint density at radius 3 is 2.50 bits per heavy atom. The van der Waals surface area contributed by atoms with Crippen LogP contribution in [0.5, 0.6) is 11.5 Å². The number of aromatic nitrogens is 2. The maximum Gasteiger partial charge on any atom is 0.335 e. The first-order valence-electron chi connectivity index (χ1n) is 9.75. The van der Waals surface area contributed by atoms with E-state index in [-0.39, 0.29) is 11.7 Å². The van der Waals surface area contributed by atoms with Crippen LogP contribution in [0.25, 0.3) is 22.4 Å². The zero-order chi connectivity index (χ0) is 20.7. The van der Waals surface area contributed by atoms with Crippen molar-refractivity contribution in [2.24, 2.45) is 0 Å². The third kappa shape index (κ3) is 3.26. The van der Waals surface area contributed by atoms with Crippen molar-refractivity contribution in [2.75, 3.05) is 7.11 Å². The number of carboxylic acid groups (broad SMARTS) is 1. The monoisotopic (exact) mass is 400 g/mol. The number of aromatic amines is 1. The van der Waals surface area contributed by atoms with Crippen LogP contribution in [0.3, 0.4) is 0 Å². The molecule has 0 spiro atoms. The lowest BCUT2D eigenvalue weighted by molar-refractivity contribution is 0.0697. The van der Waals surface area contributed by atoms with E-state index in [9.17, 15) is 9.90 Å². The fourth-order valence-corrected chi connectivity index (χ4v) is 3.97. The third-order valence-corrected chi connectivity index (χ3v) is 5.47. The number of hydrogen-bond donors (Lipinski definition) is 2. The molecule has 0 aliphatic heterocycles. The fourth-order valence-electron chi connectivity index (χ4n) is 3.97. The molecular weight excluding hydrogens is 380 g/mol. The summed E-state index contributed by atoms with van der Waals surface area (Å²) in [7, 11) is 1.62. The molecule has 0 radical (unpaired) electrons. The van der Waals surface area contributed by atoms with Crippen LogP contribution in [-0.4, -0.2) is 34.3 Å². The van der Waals surface area contributed by atoms with Gasteiger partial charge in [0, 0.05) is 18.4 Å². The number of aromatic carboxylic acids is 1. The summed E-state index contributed by atoms with van der Waals surface area (Å²) in [6, 6.07) is 18.9. The van der Waals surface area contributed by atoms with Crippen LogP contribution >= 0.6 is 0 Å². The number of nitrogens with zero attached hydrogens (tertiary/aromatic N) is 1. The fraction of sp³-hybridized carbons (Fsp3) is 0.167. The summed E-state index contributed by atoms with van der Waals surface area (Å²) in [6.45, 7) is 0. The zero-order valence-corrected chi connectivity index (χ0v) is 16.4. The second-order valence-corrected chi connectivity index (χ2v) is 7.40. The van der Waals surface area contributed by atoms with Crippen molar-refractivity contribution in [3.63, 3.8) is 0 Å². The minimum absolute atomic E-state index is 0.0559. The Kier molecular flexibility index (Phi) is 4.39. The lowest BCUT2D eigenvalue weighted by Gasteiger charge is -2.16. The number of carbonyl (C=O) groups is 1. The van der Waals surface area contributed by atoms with Gasteiger partial charge in [-0.3, -0.25) is 0 Å². The molecule has 6 nitrogen and oxygen atoms in total. The first-order chi connectivity index (χ1) is 14.6. The molecule has 5 rings (SSSR count). The van der Waals surface area contributed by atoms with Gasteiger partial charge in [0.1, 0.15) is 11.9 Å². The van der Waals surface area contributed by atoms with Gasteiger partial charge in [-0.05, 0) is 47.5 Å². The van der Waals surface area contributed by atoms with Gasteiger partial charge < -0.3 is 19.6 Å². The third-order valence-electron chi connectivity index (χ3n) is 5.47. The maximum absolute atomic E-state index is 11.2. The van der Waals surface area contributed by atoms with Gasteiger partial charge in [-0.25, -0.2) is 9.78 Å². The Labute approximate surface area is 173 Å². The van der Waals surface area contributed by atoms with Crippen molar-refractivity contribution in [3.05, 3.63) is 77.4 Å². The SMILES string of the molecule is COc1ccc(-c2nc3cc(C(=O)O)ccc3[nH]2)cc1OC1Cc2ccccc2C1. The van der Waals surface area contributed by atoms with Crippen molar-refractivity contribution in [1.82, 2.24) is 9.97 Å². The molecular formula is C24H20N2O4. The number of ether oxygens (including phenoxy) is 2. The van der Waals surface area contributed by atoms with Crippen molar-refractivity contribution in [2.45, 2.75) is 18.9 Å². The molecule has 1 aliphatic carbocycles. The molecule has 0 amide bonds. The summed E-state index contributed by atoms with van der Waals surface area (Å²) in [6.07, 6.45) is 1.79. The van der Waals surface area contributed by atoms with Crippen LogP contribution in [0.2, 0.25) is 0 Å². The molecule has 0 saturated carbocycles. The van der Waals surface area contributed by atoms with Crippen molar-refractivity contribution < 1.29 is 19.4 Å². The number of fused-ring (bicyclic) bond motifs is 2. The summed E-state index contributed by atoms with van der Waals surface area (Å²) in [4.78, 5) is 19.0. The highest BCUT2D eigenvalue weighted by Crippen LogP contribution is 2.35. The topological polar surface area (TPSA) is 84.4 Å². The van der Waals surface area contributed by atoms with E-state index < -0.39 is 5.97 Å². The second-order valence-electron chi connectivity index (χ2n) is 7.40. The molecule has 0 atom stereocenters. The van der Waals surface area contributed by atoms with Crippen LogP contribution in [0.15, 0.2) is 60.7 Å². The van der Waals surface area contributed by atoms with Gasteiger partial charge in [-0.2, -0.15) is 0 Å². The van der Waals surface area contributed by atoms with Crippen molar-refractivity contribution in [3.8, 4) is 22.9 Å². The highest BCUT2D eigenvalue weighted by molar-refractivity contribution is 5.93. The summed E-state index contributed by atoms with van der Waals surface area (Å²) < 4.78 is 11.8. The molecule has 30 heavy (non-hydrogen) atoms. The highest BCUT2D eigenvalue weighted by atomic mass is 16.5. The van der Waals surface area contributed by atoms with Crippen LogP contribution in [0, 0.1) is 0 Å². The van der Waals surface area contributed by atoms with E-state index in [0.717, 1.165) is 23.9 Å². The Hall–Kier alpha value is -3.80. The van der Waals surface area contributed by atoms with Crippen LogP contribution in [0.1, 0.15) is 21.5 Å². The number of methoxy groups -OCH3 is 1. The van der Waals surface area contributed by atoms with Crippen molar-refractivity contribution in [1.29, 1.82) is 0 Å². The van der Waals surface area contributed by atoms with Gasteiger partial charge in [0.2, 0.25) is 0 Å². The summed E-state index contributed by atoms with van der Waals surface area (Å²) in [5.41, 5.74) is 5.08. The Balaban J connectivity index is 1.46. The van der Waals surface area contributed by atoms with Gasteiger partial charge in [0.05, 0.1) is 23.7 Å².